The molecule has 9 heteroatoms. The highest BCUT2D eigenvalue weighted by atomic mass is 35.5. The Hall–Kier alpha value is -2.35. The van der Waals surface area contributed by atoms with Gasteiger partial charge in [0.2, 0.25) is 5.91 Å². The number of hydrogen-bond donors (Lipinski definition) is 3. The van der Waals surface area contributed by atoms with Gasteiger partial charge in [-0.15, -0.1) is 0 Å². The number of halogens is 2. The molecule has 3 N–H and O–H groups in total. The second-order valence-corrected chi connectivity index (χ2v) is 9.06. The summed E-state index contributed by atoms with van der Waals surface area (Å²) >= 11 is 16.9. The maximum Gasteiger partial charge on any atom is 0.257 e. The van der Waals surface area contributed by atoms with Crippen LogP contribution in [0.2, 0.25) is 10.0 Å². The van der Waals surface area contributed by atoms with Crippen molar-refractivity contribution < 1.29 is 14.3 Å². The molecule has 0 unspecified atom stereocenters. The quantitative estimate of drug-likeness (QED) is 0.314. The minimum absolute atomic E-state index is 0.00224. The molecule has 0 saturated heterocycles. The second-order valence-electron chi connectivity index (χ2n) is 7.81. The average molecular weight is 482 g/mol. The molecule has 0 aromatic heterocycles. The molecule has 0 bridgehead atoms. The van der Waals surface area contributed by atoms with Gasteiger partial charge in [-0.05, 0) is 59.9 Å². The van der Waals surface area contributed by atoms with Crippen LogP contribution in [0.1, 0.15) is 49.5 Å². The van der Waals surface area contributed by atoms with Crippen molar-refractivity contribution in [3.8, 4) is 5.75 Å². The van der Waals surface area contributed by atoms with Gasteiger partial charge < -0.3 is 4.74 Å². The zero-order valence-electron chi connectivity index (χ0n) is 17.6. The van der Waals surface area contributed by atoms with Crippen molar-refractivity contribution in [2.75, 3.05) is 6.61 Å². The Labute approximate surface area is 197 Å². The third kappa shape index (κ3) is 8.36. The largest absolute Gasteiger partial charge is 0.492 e. The first-order valence-corrected chi connectivity index (χ1v) is 10.8. The SMILES string of the molecule is CC(C)(C)c1ccc(C(=O)NC(=S)NNC(=O)CCCOc2ccc(Cl)cc2Cl)cc1. The molecule has 0 heterocycles. The molecule has 0 aliphatic rings. The number of hydrogen-bond acceptors (Lipinski definition) is 4. The van der Waals surface area contributed by atoms with Gasteiger partial charge in [0.05, 0.1) is 11.6 Å². The molecule has 2 aromatic carbocycles. The second kappa shape index (κ2) is 11.3. The van der Waals surface area contributed by atoms with Gasteiger partial charge in [0.15, 0.2) is 5.11 Å². The standard InChI is InChI=1S/C22H25Cl2N3O3S/c1-22(2,3)15-8-6-14(7-9-15)20(29)25-21(31)27-26-19(28)5-4-12-30-18-11-10-16(23)13-17(18)24/h6-11,13H,4-5,12H2,1-3H3,(H,26,28)(H2,25,27,29,31). The average Bonchev–Trinajstić information content (AvgIpc) is 2.70. The van der Waals surface area contributed by atoms with Crippen LogP contribution in [0.4, 0.5) is 0 Å². The molecule has 2 rings (SSSR count). The van der Waals surface area contributed by atoms with E-state index in [9.17, 15) is 9.59 Å². The van der Waals surface area contributed by atoms with Gasteiger partial charge in [-0.1, -0.05) is 56.1 Å². The van der Waals surface area contributed by atoms with Crippen LogP contribution < -0.4 is 20.9 Å². The van der Waals surface area contributed by atoms with Crippen LogP contribution in [0.5, 0.6) is 5.75 Å². The van der Waals surface area contributed by atoms with Gasteiger partial charge >= 0.3 is 0 Å². The summed E-state index contributed by atoms with van der Waals surface area (Å²) in [7, 11) is 0. The van der Waals surface area contributed by atoms with Crippen molar-refractivity contribution in [2.24, 2.45) is 0 Å². The highest BCUT2D eigenvalue weighted by molar-refractivity contribution is 7.80. The van der Waals surface area contributed by atoms with Crippen molar-refractivity contribution >= 4 is 52.3 Å². The highest BCUT2D eigenvalue weighted by Crippen LogP contribution is 2.27. The lowest BCUT2D eigenvalue weighted by atomic mass is 9.87. The fourth-order valence-electron chi connectivity index (χ4n) is 2.52. The molecule has 0 saturated carbocycles. The number of rotatable bonds is 6. The zero-order valence-corrected chi connectivity index (χ0v) is 19.9. The first kappa shape index (κ1) is 24.9. The van der Waals surface area contributed by atoms with Crippen LogP contribution >= 0.6 is 35.4 Å². The first-order valence-electron chi connectivity index (χ1n) is 9.65. The number of nitrogens with one attached hydrogen (secondary N) is 3. The van der Waals surface area contributed by atoms with Crippen molar-refractivity contribution in [1.29, 1.82) is 0 Å². The zero-order chi connectivity index (χ0) is 23.0. The van der Waals surface area contributed by atoms with Gasteiger partial charge in [-0.25, -0.2) is 0 Å². The smallest absolute Gasteiger partial charge is 0.257 e. The van der Waals surface area contributed by atoms with E-state index in [0.717, 1.165) is 5.56 Å². The number of benzene rings is 2. The number of thiocarbonyl (C=S) groups is 1. The minimum Gasteiger partial charge on any atom is -0.492 e. The predicted molar refractivity (Wildman–Crippen MR) is 128 cm³/mol. The van der Waals surface area contributed by atoms with Crippen molar-refractivity contribution in [3.05, 3.63) is 63.6 Å². The lowest BCUT2D eigenvalue weighted by Gasteiger charge is -2.19. The third-order valence-electron chi connectivity index (χ3n) is 4.26. The summed E-state index contributed by atoms with van der Waals surface area (Å²) in [6.07, 6.45) is 0.661. The molecule has 2 amide bonds. The summed E-state index contributed by atoms with van der Waals surface area (Å²) in [5.41, 5.74) is 6.56. The Morgan fingerprint density at radius 3 is 2.32 bits per heavy atom. The number of amides is 2. The number of carbonyl (C=O) groups excluding carboxylic acids is 2. The van der Waals surface area contributed by atoms with Crippen LogP contribution in [-0.4, -0.2) is 23.5 Å². The maximum absolute atomic E-state index is 12.3. The summed E-state index contributed by atoms with van der Waals surface area (Å²) < 4.78 is 5.52. The van der Waals surface area contributed by atoms with E-state index in [1.807, 2.05) is 12.1 Å². The summed E-state index contributed by atoms with van der Waals surface area (Å²) in [5, 5.41) is 3.46. The topological polar surface area (TPSA) is 79.5 Å². The van der Waals surface area contributed by atoms with Crippen molar-refractivity contribution in [3.63, 3.8) is 0 Å². The van der Waals surface area contributed by atoms with Crippen LogP contribution in [0.25, 0.3) is 0 Å². The molecule has 0 spiro atoms. The third-order valence-corrected chi connectivity index (χ3v) is 4.99. The monoisotopic (exact) mass is 481 g/mol. The van der Waals surface area contributed by atoms with E-state index in [1.165, 1.54) is 0 Å². The van der Waals surface area contributed by atoms with Gasteiger partial charge in [0, 0.05) is 17.0 Å². The maximum atomic E-state index is 12.3. The van der Waals surface area contributed by atoms with Gasteiger partial charge in [0.25, 0.3) is 5.91 Å². The molecule has 0 aliphatic heterocycles. The molecule has 2 aromatic rings. The molecule has 31 heavy (non-hydrogen) atoms. The predicted octanol–water partition coefficient (Wildman–Crippen LogP) is 4.79. The van der Waals surface area contributed by atoms with Crippen LogP contribution in [0.15, 0.2) is 42.5 Å². The molecular formula is C22H25Cl2N3O3S. The minimum atomic E-state index is -0.361. The molecule has 0 atom stereocenters. The van der Waals surface area contributed by atoms with E-state index in [-0.39, 0.29) is 28.8 Å². The van der Waals surface area contributed by atoms with E-state index in [1.54, 1.807) is 30.3 Å². The van der Waals surface area contributed by atoms with Crippen molar-refractivity contribution in [2.45, 2.75) is 39.0 Å². The Kier molecular flexibility index (Phi) is 9.10. The molecule has 0 radical (unpaired) electrons. The normalized spacial score (nSPS) is 10.9. The Balaban J connectivity index is 1.68. The summed E-state index contributed by atoms with van der Waals surface area (Å²) in [5.74, 6) is -0.151. The molecular weight excluding hydrogens is 457 g/mol. The molecule has 166 valence electrons. The van der Waals surface area contributed by atoms with E-state index >= 15 is 0 Å². The Bertz CT molecular complexity index is 944. The lowest BCUT2D eigenvalue weighted by molar-refractivity contribution is -0.121. The van der Waals surface area contributed by atoms with Crippen LogP contribution in [-0.2, 0) is 10.2 Å². The number of ether oxygens (including phenoxy) is 1. The number of carbonyl (C=O) groups is 2. The van der Waals surface area contributed by atoms with Gasteiger partial charge in [0.1, 0.15) is 5.75 Å². The van der Waals surface area contributed by atoms with Crippen LogP contribution in [0.3, 0.4) is 0 Å². The molecule has 0 fully saturated rings. The van der Waals surface area contributed by atoms with E-state index in [4.69, 9.17) is 40.2 Å². The first-order chi connectivity index (χ1) is 14.6. The Morgan fingerprint density at radius 1 is 1.03 bits per heavy atom. The fraction of sp³-hybridized carbons (Fsp3) is 0.318. The van der Waals surface area contributed by atoms with E-state index in [0.29, 0.717) is 34.4 Å². The lowest BCUT2D eigenvalue weighted by Crippen LogP contribution is -2.48. The van der Waals surface area contributed by atoms with Crippen molar-refractivity contribution in [1.82, 2.24) is 16.2 Å². The highest BCUT2D eigenvalue weighted by Gasteiger charge is 2.15. The summed E-state index contributed by atoms with van der Waals surface area (Å²) in [6, 6.07) is 12.2. The van der Waals surface area contributed by atoms with E-state index < -0.39 is 0 Å². The Morgan fingerprint density at radius 2 is 1.71 bits per heavy atom. The molecule has 0 aliphatic carbocycles. The van der Waals surface area contributed by atoms with E-state index in [2.05, 4.69) is 36.9 Å². The summed E-state index contributed by atoms with van der Waals surface area (Å²) in [4.78, 5) is 24.2. The van der Waals surface area contributed by atoms with Gasteiger partial charge in [-0.3, -0.25) is 25.8 Å². The van der Waals surface area contributed by atoms with Gasteiger partial charge in [-0.2, -0.15) is 0 Å². The molecule has 6 nitrogen and oxygen atoms in total. The fourth-order valence-corrected chi connectivity index (χ4v) is 3.13. The van der Waals surface area contributed by atoms with Crippen LogP contribution in [0, 0.1) is 0 Å². The summed E-state index contributed by atoms with van der Waals surface area (Å²) in [6.45, 7) is 6.61. The number of hydrazine groups is 1.